The highest BCUT2D eigenvalue weighted by atomic mass is 16.6. The largest absolute Gasteiger partial charge is 0.378 e. The van der Waals surface area contributed by atoms with Gasteiger partial charge in [0, 0.05) is 29.1 Å². The third-order valence-corrected chi connectivity index (χ3v) is 4.12. The van der Waals surface area contributed by atoms with Gasteiger partial charge in [-0.15, -0.1) is 0 Å². The molecule has 0 aliphatic carbocycles. The van der Waals surface area contributed by atoms with Gasteiger partial charge in [-0.3, -0.25) is 14.8 Å². The molecule has 0 amide bonds. The first-order chi connectivity index (χ1) is 12.0. The van der Waals surface area contributed by atoms with Gasteiger partial charge in [-0.25, -0.2) is 0 Å². The summed E-state index contributed by atoms with van der Waals surface area (Å²) in [6, 6.07) is 15.3. The predicted octanol–water partition coefficient (Wildman–Crippen LogP) is 4.32. The maximum atomic E-state index is 10.9. The normalized spacial score (nSPS) is 11.9. The Morgan fingerprint density at radius 1 is 1.24 bits per heavy atom. The molecule has 0 aliphatic heterocycles. The lowest BCUT2D eigenvalue weighted by Crippen LogP contribution is -2.06. The third-order valence-electron chi connectivity index (χ3n) is 4.12. The molecule has 2 aromatic carbocycles. The summed E-state index contributed by atoms with van der Waals surface area (Å²) >= 11 is 0. The topological polar surface area (TPSA) is 73.0 Å². The van der Waals surface area contributed by atoms with E-state index in [9.17, 15) is 10.1 Å². The van der Waals surface area contributed by atoms with Crippen LogP contribution in [0.25, 0.3) is 0 Å². The van der Waals surface area contributed by atoms with Crippen molar-refractivity contribution in [3.8, 4) is 0 Å². The molecule has 0 fully saturated rings. The van der Waals surface area contributed by atoms with Gasteiger partial charge in [0.1, 0.15) is 0 Å². The van der Waals surface area contributed by atoms with Gasteiger partial charge in [0.2, 0.25) is 0 Å². The van der Waals surface area contributed by atoms with Gasteiger partial charge in [-0.2, -0.15) is 5.10 Å². The molecule has 6 heteroatoms. The number of nitro groups is 1. The van der Waals surface area contributed by atoms with Crippen LogP contribution in [0.4, 0.5) is 11.4 Å². The van der Waals surface area contributed by atoms with Gasteiger partial charge in [0.25, 0.3) is 5.69 Å². The van der Waals surface area contributed by atoms with Crippen molar-refractivity contribution in [2.45, 2.75) is 26.4 Å². The molecule has 1 aromatic heterocycles. The molecule has 3 rings (SSSR count). The molecule has 0 aliphatic rings. The Morgan fingerprint density at radius 3 is 2.68 bits per heavy atom. The molecule has 1 N–H and O–H groups in total. The van der Waals surface area contributed by atoms with Crippen molar-refractivity contribution in [1.29, 1.82) is 0 Å². The van der Waals surface area contributed by atoms with E-state index in [2.05, 4.69) is 22.5 Å². The second-order valence-electron chi connectivity index (χ2n) is 6.08. The van der Waals surface area contributed by atoms with Gasteiger partial charge in [-0.1, -0.05) is 30.3 Å². The Hall–Kier alpha value is -3.15. The number of nitrogens with one attached hydrogen (secondary N) is 1. The van der Waals surface area contributed by atoms with E-state index in [1.165, 1.54) is 11.6 Å². The lowest BCUT2D eigenvalue weighted by atomic mass is 10.1. The molecule has 1 unspecified atom stereocenters. The van der Waals surface area contributed by atoms with Gasteiger partial charge in [0.05, 0.1) is 23.7 Å². The number of nitrogens with zero attached hydrogens (tertiary/aromatic N) is 3. The second kappa shape index (κ2) is 7.17. The number of anilines is 1. The average Bonchev–Trinajstić information content (AvgIpc) is 3.04. The summed E-state index contributed by atoms with van der Waals surface area (Å²) in [7, 11) is 0. The summed E-state index contributed by atoms with van der Waals surface area (Å²) in [4.78, 5) is 10.5. The second-order valence-corrected chi connectivity index (χ2v) is 6.08. The minimum atomic E-state index is -0.365. The fourth-order valence-electron chi connectivity index (χ4n) is 2.74. The van der Waals surface area contributed by atoms with Crippen molar-refractivity contribution >= 4 is 11.4 Å². The monoisotopic (exact) mass is 336 g/mol. The SMILES string of the molecule is Cc1cc(NC(C)c2cnn(Cc3ccccc3)c2)ccc1[N+](=O)[O-]. The van der Waals surface area contributed by atoms with E-state index in [4.69, 9.17) is 0 Å². The lowest BCUT2D eigenvalue weighted by molar-refractivity contribution is -0.385. The van der Waals surface area contributed by atoms with E-state index < -0.39 is 0 Å². The Morgan fingerprint density at radius 2 is 2.00 bits per heavy atom. The summed E-state index contributed by atoms with van der Waals surface area (Å²) in [5.74, 6) is 0. The highest BCUT2D eigenvalue weighted by Crippen LogP contribution is 2.25. The van der Waals surface area contributed by atoms with E-state index in [0.29, 0.717) is 5.56 Å². The minimum Gasteiger partial charge on any atom is -0.378 e. The number of hydrogen-bond donors (Lipinski definition) is 1. The summed E-state index contributed by atoms with van der Waals surface area (Å²) in [5.41, 5.74) is 3.89. The molecule has 0 radical (unpaired) electrons. The molecular weight excluding hydrogens is 316 g/mol. The van der Waals surface area contributed by atoms with Gasteiger partial charge < -0.3 is 5.32 Å². The van der Waals surface area contributed by atoms with Crippen molar-refractivity contribution in [2.24, 2.45) is 0 Å². The van der Waals surface area contributed by atoms with E-state index in [0.717, 1.165) is 17.8 Å². The van der Waals surface area contributed by atoms with Crippen LogP contribution in [0, 0.1) is 17.0 Å². The molecule has 1 heterocycles. The lowest BCUT2D eigenvalue weighted by Gasteiger charge is -2.14. The van der Waals surface area contributed by atoms with E-state index in [1.807, 2.05) is 42.2 Å². The van der Waals surface area contributed by atoms with E-state index in [1.54, 1.807) is 19.1 Å². The Labute approximate surface area is 146 Å². The number of aromatic nitrogens is 2. The summed E-state index contributed by atoms with van der Waals surface area (Å²) in [6.07, 6.45) is 3.86. The quantitative estimate of drug-likeness (QED) is 0.537. The zero-order chi connectivity index (χ0) is 17.8. The van der Waals surface area contributed by atoms with Crippen molar-refractivity contribution < 1.29 is 4.92 Å². The standard InChI is InChI=1S/C19H20N4O2/c1-14-10-18(8-9-19(14)23(24)25)21-15(2)17-11-20-22(13-17)12-16-6-4-3-5-7-16/h3-11,13,15,21H,12H2,1-2H3. The first kappa shape index (κ1) is 16.7. The van der Waals surface area contributed by atoms with Crippen LogP contribution < -0.4 is 5.32 Å². The molecule has 0 spiro atoms. The van der Waals surface area contributed by atoms with Crippen molar-refractivity contribution in [3.05, 3.63) is 87.7 Å². The highest BCUT2D eigenvalue weighted by Gasteiger charge is 2.13. The number of benzene rings is 2. The highest BCUT2D eigenvalue weighted by molar-refractivity contribution is 5.54. The van der Waals surface area contributed by atoms with Crippen LogP contribution in [-0.4, -0.2) is 14.7 Å². The number of rotatable bonds is 6. The average molecular weight is 336 g/mol. The number of aryl methyl sites for hydroxylation is 1. The van der Waals surface area contributed by atoms with E-state index in [-0.39, 0.29) is 16.7 Å². The zero-order valence-corrected chi connectivity index (χ0v) is 14.2. The molecule has 0 bridgehead atoms. The molecular formula is C19H20N4O2. The van der Waals surface area contributed by atoms with Gasteiger partial charge >= 0.3 is 0 Å². The molecule has 25 heavy (non-hydrogen) atoms. The smallest absolute Gasteiger partial charge is 0.272 e. The third kappa shape index (κ3) is 4.03. The van der Waals surface area contributed by atoms with E-state index >= 15 is 0 Å². The Kier molecular flexibility index (Phi) is 4.79. The molecule has 6 nitrogen and oxygen atoms in total. The van der Waals surface area contributed by atoms with Gasteiger partial charge in [0.15, 0.2) is 0 Å². The summed E-state index contributed by atoms with van der Waals surface area (Å²) < 4.78 is 1.91. The van der Waals surface area contributed by atoms with Crippen LogP contribution in [0.2, 0.25) is 0 Å². The van der Waals surface area contributed by atoms with Crippen molar-refractivity contribution in [1.82, 2.24) is 9.78 Å². The fraction of sp³-hybridized carbons (Fsp3) is 0.211. The maximum absolute atomic E-state index is 10.9. The molecule has 1 atom stereocenters. The van der Waals surface area contributed by atoms with Crippen LogP contribution >= 0.6 is 0 Å². The zero-order valence-electron chi connectivity index (χ0n) is 14.2. The maximum Gasteiger partial charge on any atom is 0.272 e. The molecule has 128 valence electrons. The number of nitro benzene ring substituents is 1. The van der Waals surface area contributed by atoms with Crippen LogP contribution in [-0.2, 0) is 6.54 Å². The summed E-state index contributed by atoms with van der Waals surface area (Å²) in [5, 5.41) is 18.7. The van der Waals surface area contributed by atoms with Crippen LogP contribution in [0.15, 0.2) is 60.9 Å². The first-order valence-electron chi connectivity index (χ1n) is 8.11. The Bertz CT molecular complexity index is 874. The number of hydrogen-bond acceptors (Lipinski definition) is 4. The van der Waals surface area contributed by atoms with Gasteiger partial charge in [-0.05, 0) is 31.5 Å². The predicted molar refractivity (Wildman–Crippen MR) is 97.6 cm³/mol. The molecule has 0 saturated carbocycles. The van der Waals surface area contributed by atoms with Crippen LogP contribution in [0.3, 0.4) is 0 Å². The fourth-order valence-corrected chi connectivity index (χ4v) is 2.74. The molecule has 0 saturated heterocycles. The van der Waals surface area contributed by atoms with Crippen molar-refractivity contribution in [2.75, 3.05) is 5.32 Å². The molecule has 3 aromatic rings. The van der Waals surface area contributed by atoms with Crippen molar-refractivity contribution in [3.63, 3.8) is 0 Å². The Balaban J connectivity index is 1.68. The van der Waals surface area contributed by atoms with Crippen LogP contribution in [0.5, 0.6) is 0 Å². The summed E-state index contributed by atoms with van der Waals surface area (Å²) in [6.45, 7) is 4.51. The first-order valence-corrected chi connectivity index (χ1v) is 8.11. The van der Waals surface area contributed by atoms with Crippen LogP contribution in [0.1, 0.15) is 29.7 Å². The minimum absolute atomic E-state index is 0.0466.